The van der Waals surface area contributed by atoms with Crippen LogP contribution in [0.5, 0.6) is 0 Å². The van der Waals surface area contributed by atoms with Crippen molar-refractivity contribution in [2.24, 2.45) is 10.9 Å². The first-order chi connectivity index (χ1) is 4.97. The summed E-state index contributed by atoms with van der Waals surface area (Å²) in [5, 5.41) is 0. The molecule has 0 radical (unpaired) electrons. The van der Waals surface area contributed by atoms with Crippen molar-refractivity contribution in [3.05, 3.63) is 11.6 Å². The van der Waals surface area contributed by atoms with Crippen LogP contribution in [0.4, 0.5) is 0 Å². The minimum Gasteiger partial charge on any atom is -0.293 e. The quantitative estimate of drug-likeness (QED) is 0.516. The summed E-state index contributed by atoms with van der Waals surface area (Å²) < 4.78 is 0. The number of hydrogen-bond donors (Lipinski definition) is 0. The molecule has 0 saturated carbocycles. The maximum Gasteiger partial charge on any atom is 0.0455 e. The number of aliphatic imine (C=N–C) groups is 1. The zero-order chi connectivity index (χ0) is 6.81. The molecule has 1 atom stereocenters. The van der Waals surface area contributed by atoms with Crippen molar-refractivity contribution < 1.29 is 0 Å². The van der Waals surface area contributed by atoms with E-state index in [1.807, 2.05) is 6.21 Å². The molecule has 0 spiro atoms. The summed E-state index contributed by atoms with van der Waals surface area (Å²) in [7, 11) is 0. The maximum absolute atomic E-state index is 4.25. The molecule has 1 fully saturated rings. The predicted molar refractivity (Wildman–Crippen MR) is 46.9 cm³/mol. The average Bonchev–Trinajstić information content (AvgIpc) is 2.05. The summed E-state index contributed by atoms with van der Waals surface area (Å²) in [6.45, 7) is 1.05. The summed E-state index contributed by atoms with van der Waals surface area (Å²) in [6, 6.07) is 0. The Morgan fingerprint density at radius 2 is 2.60 bits per heavy atom. The van der Waals surface area contributed by atoms with Gasteiger partial charge in [-0.05, 0) is 18.2 Å². The van der Waals surface area contributed by atoms with Gasteiger partial charge in [-0.3, -0.25) is 4.99 Å². The van der Waals surface area contributed by atoms with E-state index in [0.717, 1.165) is 12.5 Å². The molecule has 0 N–H and O–H groups in total. The van der Waals surface area contributed by atoms with Crippen molar-refractivity contribution in [1.29, 1.82) is 0 Å². The third-order valence-corrected chi connectivity index (χ3v) is 3.19. The van der Waals surface area contributed by atoms with E-state index >= 15 is 0 Å². The minimum absolute atomic E-state index is 0.797. The zero-order valence-electron chi connectivity index (χ0n) is 5.92. The Labute approximate surface area is 65.6 Å². The molecule has 0 aromatic carbocycles. The molecule has 0 aromatic heterocycles. The molecule has 1 saturated heterocycles. The van der Waals surface area contributed by atoms with Gasteiger partial charge in [0.1, 0.15) is 0 Å². The van der Waals surface area contributed by atoms with Gasteiger partial charge < -0.3 is 0 Å². The summed E-state index contributed by atoms with van der Waals surface area (Å²) in [4.78, 5) is 4.25. The Morgan fingerprint density at radius 1 is 1.60 bits per heavy atom. The van der Waals surface area contributed by atoms with Gasteiger partial charge >= 0.3 is 0 Å². The zero-order valence-corrected chi connectivity index (χ0v) is 6.73. The molecule has 0 amide bonds. The monoisotopic (exact) mass is 153 g/mol. The molecule has 0 aromatic rings. The highest BCUT2D eigenvalue weighted by Crippen LogP contribution is 2.29. The normalized spacial score (nSPS) is 31.2. The molecule has 0 aliphatic carbocycles. The van der Waals surface area contributed by atoms with E-state index in [2.05, 4.69) is 22.8 Å². The van der Waals surface area contributed by atoms with Gasteiger partial charge in [0, 0.05) is 24.4 Å². The molecule has 2 heterocycles. The van der Waals surface area contributed by atoms with Crippen molar-refractivity contribution in [2.45, 2.75) is 6.42 Å². The van der Waals surface area contributed by atoms with Crippen molar-refractivity contribution in [2.75, 3.05) is 18.1 Å². The van der Waals surface area contributed by atoms with Crippen LogP contribution in [0.15, 0.2) is 16.6 Å². The van der Waals surface area contributed by atoms with Gasteiger partial charge in [0.05, 0.1) is 0 Å². The lowest BCUT2D eigenvalue weighted by Gasteiger charge is -2.25. The van der Waals surface area contributed by atoms with Crippen LogP contribution < -0.4 is 0 Å². The lowest BCUT2D eigenvalue weighted by molar-refractivity contribution is 0.599. The van der Waals surface area contributed by atoms with Crippen LogP contribution in [0.25, 0.3) is 0 Å². The molecule has 1 nitrogen and oxygen atoms in total. The number of nitrogens with zero attached hydrogens (tertiary/aromatic N) is 1. The summed E-state index contributed by atoms with van der Waals surface area (Å²) >= 11 is 2.05. The van der Waals surface area contributed by atoms with Gasteiger partial charge in [0.25, 0.3) is 0 Å². The van der Waals surface area contributed by atoms with E-state index in [1.54, 1.807) is 5.57 Å². The van der Waals surface area contributed by atoms with Crippen LogP contribution >= 0.6 is 11.8 Å². The number of fused-ring (bicyclic) bond motifs is 1. The first kappa shape index (κ1) is 6.47. The Morgan fingerprint density at radius 3 is 3.50 bits per heavy atom. The fraction of sp³-hybridized carbons (Fsp3) is 0.625. The highest BCUT2D eigenvalue weighted by molar-refractivity contribution is 7.99. The molecule has 54 valence electrons. The molecule has 2 aliphatic heterocycles. The Bertz CT molecular complexity index is 184. The second-order valence-electron chi connectivity index (χ2n) is 2.79. The minimum atomic E-state index is 0.797. The predicted octanol–water partition coefficient (Wildman–Crippen LogP) is 1.75. The summed E-state index contributed by atoms with van der Waals surface area (Å²) in [6.07, 6.45) is 5.49. The van der Waals surface area contributed by atoms with Gasteiger partial charge in [-0.15, -0.1) is 0 Å². The number of rotatable bonds is 0. The fourth-order valence-electron chi connectivity index (χ4n) is 1.45. The topological polar surface area (TPSA) is 12.4 Å². The highest BCUT2D eigenvalue weighted by Gasteiger charge is 2.19. The largest absolute Gasteiger partial charge is 0.293 e. The van der Waals surface area contributed by atoms with Gasteiger partial charge in [0.15, 0.2) is 0 Å². The summed E-state index contributed by atoms with van der Waals surface area (Å²) in [5.74, 6) is 3.38. The Balaban J connectivity index is 2.14. The Kier molecular flexibility index (Phi) is 1.80. The van der Waals surface area contributed by atoms with Crippen LogP contribution in [-0.2, 0) is 0 Å². The van der Waals surface area contributed by atoms with E-state index in [0.29, 0.717) is 0 Å². The SMILES string of the molecule is C1=NCC2CCSCC2=C1. The van der Waals surface area contributed by atoms with Gasteiger partial charge in [-0.1, -0.05) is 5.57 Å². The maximum atomic E-state index is 4.25. The van der Waals surface area contributed by atoms with E-state index in [1.165, 1.54) is 17.9 Å². The van der Waals surface area contributed by atoms with Gasteiger partial charge in [-0.2, -0.15) is 11.8 Å². The molecule has 10 heavy (non-hydrogen) atoms. The van der Waals surface area contributed by atoms with E-state index < -0.39 is 0 Å². The molecule has 2 aliphatic rings. The number of thioether (sulfide) groups is 1. The van der Waals surface area contributed by atoms with Crippen molar-refractivity contribution in [3.63, 3.8) is 0 Å². The van der Waals surface area contributed by atoms with E-state index in [9.17, 15) is 0 Å². The molecule has 0 bridgehead atoms. The van der Waals surface area contributed by atoms with Crippen molar-refractivity contribution in [1.82, 2.24) is 0 Å². The molecule has 2 heteroatoms. The Hall–Kier alpha value is -0.240. The van der Waals surface area contributed by atoms with Crippen LogP contribution in [-0.4, -0.2) is 24.3 Å². The molecule has 2 rings (SSSR count). The number of hydrogen-bond acceptors (Lipinski definition) is 2. The van der Waals surface area contributed by atoms with Crippen LogP contribution in [0, 0.1) is 5.92 Å². The van der Waals surface area contributed by atoms with Crippen LogP contribution in [0.3, 0.4) is 0 Å². The van der Waals surface area contributed by atoms with Crippen molar-refractivity contribution >= 4 is 18.0 Å². The first-order valence-electron chi connectivity index (χ1n) is 3.73. The third kappa shape index (κ3) is 1.12. The smallest absolute Gasteiger partial charge is 0.0455 e. The van der Waals surface area contributed by atoms with Crippen LogP contribution in [0.2, 0.25) is 0 Å². The highest BCUT2D eigenvalue weighted by atomic mass is 32.2. The van der Waals surface area contributed by atoms with Crippen LogP contribution in [0.1, 0.15) is 6.42 Å². The number of dihydropyridines is 1. The fourth-order valence-corrected chi connectivity index (χ4v) is 2.61. The lowest BCUT2D eigenvalue weighted by atomic mass is 9.95. The lowest BCUT2D eigenvalue weighted by Crippen LogP contribution is -2.18. The van der Waals surface area contributed by atoms with E-state index in [-0.39, 0.29) is 0 Å². The molecular formula is C8H11NS. The number of allylic oxidation sites excluding steroid dienone is 1. The second kappa shape index (κ2) is 2.79. The van der Waals surface area contributed by atoms with Gasteiger partial charge in [0.2, 0.25) is 0 Å². The molecule has 1 unspecified atom stereocenters. The average molecular weight is 153 g/mol. The first-order valence-corrected chi connectivity index (χ1v) is 4.89. The molecular weight excluding hydrogens is 142 g/mol. The van der Waals surface area contributed by atoms with Gasteiger partial charge in [-0.25, -0.2) is 0 Å². The third-order valence-electron chi connectivity index (χ3n) is 2.12. The second-order valence-corrected chi connectivity index (χ2v) is 3.90. The van der Waals surface area contributed by atoms with Crippen molar-refractivity contribution in [3.8, 4) is 0 Å². The standard InChI is InChI=1S/C8H11NS/c1-3-9-5-7-2-4-10-6-8(1)7/h1,3,7H,2,4-6H2. The summed E-state index contributed by atoms with van der Waals surface area (Å²) in [5.41, 5.74) is 1.62. The van der Waals surface area contributed by atoms with E-state index in [4.69, 9.17) is 0 Å².